The van der Waals surface area contributed by atoms with E-state index >= 15 is 0 Å². The monoisotopic (exact) mass is 312 g/mol. The molecule has 1 aliphatic rings. The number of aryl methyl sites for hydroxylation is 1. The molecular formula is C19H28N4. The summed E-state index contributed by atoms with van der Waals surface area (Å²) in [6.45, 7) is 8.39. The Balaban J connectivity index is 1.71. The SMILES string of the molecule is CCNC(=NCCc1c[nH]c2c(CC)cccc12)N1CCCC1. The van der Waals surface area contributed by atoms with E-state index < -0.39 is 0 Å². The molecule has 1 aliphatic heterocycles. The molecule has 0 amide bonds. The first-order valence-electron chi connectivity index (χ1n) is 8.94. The molecule has 0 spiro atoms. The van der Waals surface area contributed by atoms with Gasteiger partial charge in [-0.3, -0.25) is 4.99 Å². The van der Waals surface area contributed by atoms with Gasteiger partial charge in [0.2, 0.25) is 0 Å². The quantitative estimate of drug-likeness (QED) is 0.657. The number of likely N-dealkylation sites (tertiary alicyclic amines) is 1. The highest BCUT2D eigenvalue weighted by Crippen LogP contribution is 2.22. The standard InChI is InChI=1S/C19H28N4/c1-3-15-8-7-9-17-16(14-22-18(15)17)10-11-21-19(20-4-2)23-12-5-6-13-23/h7-9,14,22H,3-6,10-13H2,1-2H3,(H,20,21). The number of guanidine groups is 1. The Labute approximate surface area is 139 Å². The van der Waals surface area contributed by atoms with Crippen molar-refractivity contribution in [3.8, 4) is 0 Å². The van der Waals surface area contributed by atoms with E-state index in [0.717, 1.165) is 45.0 Å². The molecule has 4 heteroatoms. The van der Waals surface area contributed by atoms with Crippen LogP contribution in [0.3, 0.4) is 0 Å². The summed E-state index contributed by atoms with van der Waals surface area (Å²) < 4.78 is 0. The topological polar surface area (TPSA) is 43.4 Å². The number of nitrogens with one attached hydrogen (secondary N) is 2. The van der Waals surface area contributed by atoms with Gasteiger partial charge in [-0.15, -0.1) is 0 Å². The fourth-order valence-electron chi connectivity index (χ4n) is 3.41. The third kappa shape index (κ3) is 3.52. The van der Waals surface area contributed by atoms with Gasteiger partial charge in [0.15, 0.2) is 5.96 Å². The normalized spacial score (nSPS) is 15.6. The summed E-state index contributed by atoms with van der Waals surface area (Å²) in [5.41, 5.74) is 4.06. The van der Waals surface area contributed by atoms with Gasteiger partial charge in [0.1, 0.15) is 0 Å². The van der Waals surface area contributed by atoms with Crippen LogP contribution in [0.5, 0.6) is 0 Å². The second-order valence-electron chi connectivity index (χ2n) is 6.19. The molecule has 0 aliphatic carbocycles. The maximum Gasteiger partial charge on any atom is 0.193 e. The number of hydrogen-bond acceptors (Lipinski definition) is 1. The molecule has 2 N–H and O–H groups in total. The Morgan fingerprint density at radius 2 is 2.04 bits per heavy atom. The number of fused-ring (bicyclic) bond motifs is 1. The summed E-state index contributed by atoms with van der Waals surface area (Å²) in [6.07, 6.45) is 6.77. The first kappa shape index (κ1) is 15.9. The van der Waals surface area contributed by atoms with Crippen molar-refractivity contribution >= 4 is 16.9 Å². The summed E-state index contributed by atoms with van der Waals surface area (Å²) >= 11 is 0. The van der Waals surface area contributed by atoms with Crippen LogP contribution in [-0.4, -0.2) is 42.0 Å². The minimum Gasteiger partial charge on any atom is -0.361 e. The number of aromatic amines is 1. The lowest BCUT2D eigenvalue weighted by Crippen LogP contribution is -2.39. The minimum absolute atomic E-state index is 0.835. The van der Waals surface area contributed by atoms with E-state index in [2.05, 4.69) is 53.4 Å². The zero-order valence-electron chi connectivity index (χ0n) is 14.4. The highest BCUT2D eigenvalue weighted by atomic mass is 15.3. The van der Waals surface area contributed by atoms with Gasteiger partial charge in [-0.25, -0.2) is 0 Å². The Morgan fingerprint density at radius 1 is 1.22 bits per heavy atom. The number of para-hydroxylation sites is 1. The van der Waals surface area contributed by atoms with E-state index in [1.165, 1.54) is 34.9 Å². The predicted molar refractivity (Wildman–Crippen MR) is 98.2 cm³/mol. The summed E-state index contributed by atoms with van der Waals surface area (Å²) in [4.78, 5) is 10.7. The summed E-state index contributed by atoms with van der Waals surface area (Å²) in [7, 11) is 0. The van der Waals surface area contributed by atoms with Crippen LogP contribution >= 0.6 is 0 Å². The van der Waals surface area contributed by atoms with E-state index in [1.807, 2.05) is 0 Å². The molecule has 23 heavy (non-hydrogen) atoms. The minimum atomic E-state index is 0.835. The van der Waals surface area contributed by atoms with Crippen molar-refractivity contribution in [3.05, 3.63) is 35.5 Å². The zero-order chi connectivity index (χ0) is 16.1. The van der Waals surface area contributed by atoms with Crippen LogP contribution in [0.1, 0.15) is 37.8 Å². The summed E-state index contributed by atoms with van der Waals surface area (Å²) in [6, 6.07) is 6.59. The van der Waals surface area contributed by atoms with Crippen molar-refractivity contribution in [2.24, 2.45) is 4.99 Å². The van der Waals surface area contributed by atoms with Crippen LogP contribution in [0.2, 0.25) is 0 Å². The second-order valence-corrected chi connectivity index (χ2v) is 6.19. The number of hydrogen-bond donors (Lipinski definition) is 2. The third-order valence-electron chi connectivity index (χ3n) is 4.65. The molecular weight excluding hydrogens is 284 g/mol. The van der Waals surface area contributed by atoms with Crippen molar-refractivity contribution in [2.75, 3.05) is 26.2 Å². The van der Waals surface area contributed by atoms with Crippen molar-refractivity contribution in [3.63, 3.8) is 0 Å². The van der Waals surface area contributed by atoms with Gasteiger partial charge in [-0.05, 0) is 43.7 Å². The van der Waals surface area contributed by atoms with Crippen LogP contribution in [0.25, 0.3) is 10.9 Å². The fraction of sp³-hybridized carbons (Fsp3) is 0.526. The van der Waals surface area contributed by atoms with E-state index in [1.54, 1.807) is 0 Å². The van der Waals surface area contributed by atoms with Gasteiger partial charge >= 0.3 is 0 Å². The number of rotatable bonds is 5. The predicted octanol–water partition coefficient (Wildman–Crippen LogP) is 3.33. The molecule has 1 aromatic heterocycles. The number of nitrogens with zero attached hydrogens (tertiary/aromatic N) is 2. The highest BCUT2D eigenvalue weighted by molar-refractivity contribution is 5.86. The molecule has 124 valence electrons. The summed E-state index contributed by atoms with van der Waals surface area (Å²) in [5, 5.41) is 4.78. The van der Waals surface area contributed by atoms with E-state index in [-0.39, 0.29) is 0 Å². The lowest BCUT2D eigenvalue weighted by molar-refractivity contribution is 0.494. The maximum atomic E-state index is 4.84. The van der Waals surface area contributed by atoms with Gasteiger partial charge in [0.25, 0.3) is 0 Å². The largest absolute Gasteiger partial charge is 0.361 e. The molecule has 3 rings (SSSR count). The average Bonchev–Trinajstić information content (AvgIpc) is 3.23. The number of H-pyrrole nitrogens is 1. The number of benzene rings is 1. The molecule has 4 nitrogen and oxygen atoms in total. The Morgan fingerprint density at radius 3 is 2.78 bits per heavy atom. The molecule has 0 atom stereocenters. The number of aliphatic imine (C=N–C) groups is 1. The number of aromatic nitrogens is 1. The van der Waals surface area contributed by atoms with Crippen molar-refractivity contribution in [1.29, 1.82) is 0 Å². The molecule has 1 fully saturated rings. The molecule has 1 aromatic carbocycles. The van der Waals surface area contributed by atoms with Crippen LogP contribution in [0, 0.1) is 0 Å². The smallest absolute Gasteiger partial charge is 0.193 e. The first-order valence-corrected chi connectivity index (χ1v) is 8.94. The lowest BCUT2D eigenvalue weighted by Gasteiger charge is -2.20. The molecule has 0 bridgehead atoms. The van der Waals surface area contributed by atoms with Crippen molar-refractivity contribution < 1.29 is 0 Å². The van der Waals surface area contributed by atoms with E-state index in [9.17, 15) is 0 Å². The van der Waals surface area contributed by atoms with Gasteiger partial charge in [-0.1, -0.05) is 25.1 Å². The van der Waals surface area contributed by atoms with Crippen LogP contribution in [0.15, 0.2) is 29.4 Å². The lowest BCUT2D eigenvalue weighted by atomic mass is 10.1. The molecule has 0 saturated carbocycles. The molecule has 0 unspecified atom stereocenters. The van der Waals surface area contributed by atoms with Gasteiger partial charge < -0.3 is 15.2 Å². The highest BCUT2D eigenvalue weighted by Gasteiger charge is 2.15. The molecule has 2 heterocycles. The Bertz CT molecular complexity index is 665. The van der Waals surface area contributed by atoms with Crippen LogP contribution in [-0.2, 0) is 12.8 Å². The summed E-state index contributed by atoms with van der Waals surface area (Å²) in [5.74, 6) is 1.08. The Kier molecular flexibility index (Phi) is 5.21. The average molecular weight is 312 g/mol. The van der Waals surface area contributed by atoms with Gasteiger partial charge in [0.05, 0.1) is 0 Å². The third-order valence-corrected chi connectivity index (χ3v) is 4.65. The fourth-order valence-corrected chi connectivity index (χ4v) is 3.41. The van der Waals surface area contributed by atoms with Crippen molar-refractivity contribution in [1.82, 2.24) is 15.2 Å². The Hall–Kier alpha value is -1.97. The first-order chi connectivity index (χ1) is 11.3. The zero-order valence-corrected chi connectivity index (χ0v) is 14.4. The molecule has 1 saturated heterocycles. The van der Waals surface area contributed by atoms with Crippen LogP contribution < -0.4 is 5.32 Å². The molecule has 2 aromatic rings. The second kappa shape index (κ2) is 7.53. The van der Waals surface area contributed by atoms with Crippen molar-refractivity contribution in [2.45, 2.75) is 39.5 Å². The van der Waals surface area contributed by atoms with Gasteiger partial charge in [0, 0.05) is 43.3 Å². The molecule has 0 radical (unpaired) electrons. The van der Waals surface area contributed by atoms with Gasteiger partial charge in [-0.2, -0.15) is 0 Å². The van der Waals surface area contributed by atoms with Crippen LogP contribution in [0.4, 0.5) is 0 Å². The maximum absolute atomic E-state index is 4.84. The van der Waals surface area contributed by atoms with E-state index in [4.69, 9.17) is 4.99 Å². The van der Waals surface area contributed by atoms with E-state index in [0.29, 0.717) is 0 Å².